The lowest BCUT2D eigenvalue weighted by Gasteiger charge is -2.16. The number of benzene rings is 1. The van der Waals surface area contributed by atoms with Crippen molar-refractivity contribution in [1.29, 1.82) is 0 Å². The van der Waals surface area contributed by atoms with Gasteiger partial charge < -0.3 is 15.9 Å². The first kappa shape index (κ1) is 24.0. The summed E-state index contributed by atoms with van der Waals surface area (Å²) < 4.78 is 0. The van der Waals surface area contributed by atoms with Gasteiger partial charge in [0, 0.05) is 6.42 Å². The number of hydrogen-bond acceptors (Lipinski definition) is 2. The summed E-state index contributed by atoms with van der Waals surface area (Å²) >= 11 is 0. The van der Waals surface area contributed by atoms with E-state index in [1.54, 1.807) is 12.1 Å². The van der Waals surface area contributed by atoms with Crippen LogP contribution in [0.3, 0.4) is 0 Å². The molecule has 1 rings (SSSR count). The first-order chi connectivity index (χ1) is 13.1. The molecule has 5 N–H and O–H groups in total. The van der Waals surface area contributed by atoms with E-state index >= 15 is 0 Å². The van der Waals surface area contributed by atoms with E-state index in [2.05, 4.69) is 12.7 Å². The topological polar surface area (TPSA) is 68.1 Å². The molecule has 0 aliphatic rings. The predicted molar refractivity (Wildman–Crippen MR) is 115 cm³/mol. The molecule has 1 aromatic carbocycles. The van der Waals surface area contributed by atoms with Crippen molar-refractivity contribution in [2.75, 3.05) is 0 Å². The van der Waals surface area contributed by atoms with Crippen molar-refractivity contribution >= 4 is 0 Å². The fourth-order valence-electron chi connectivity index (χ4n) is 3.68. The van der Waals surface area contributed by atoms with Crippen molar-refractivity contribution in [2.24, 2.45) is 0 Å². The molecule has 3 heteroatoms. The molecule has 0 spiro atoms. The number of aliphatic hydroxyl groups is 1. The molecule has 3 nitrogen and oxygen atoms in total. The minimum atomic E-state index is -0.327. The van der Waals surface area contributed by atoms with E-state index in [0.29, 0.717) is 0 Å². The number of hydrogen-bond donors (Lipinski definition) is 3. The molecule has 156 valence electrons. The highest BCUT2D eigenvalue weighted by Gasteiger charge is 2.18. The van der Waals surface area contributed by atoms with Crippen molar-refractivity contribution in [1.82, 2.24) is 0 Å². The quantitative estimate of drug-likeness (QED) is 0.318. The van der Waals surface area contributed by atoms with Crippen LogP contribution in [0.4, 0.5) is 0 Å². The van der Waals surface area contributed by atoms with Gasteiger partial charge in [0.25, 0.3) is 0 Å². The van der Waals surface area contributed by atoms with E-state index in [-0.39, 0.29) is 17.9 Å². The summed E-state index contributed by atoms with van der Waals surface area (Å²) in [4.78, 5) is 0. The lowest BCUT2D eigenvalue weighted by molar-refractivity contribution is -0.437. The van der Waals surface area contributed by atoms with Gasteiger partial charge in [0.15, 0.2) is 0 Å². The molecule has 0 aromatic heterocycles. The number of rotatable bonds is 17. The van der Waals surface area contributed by atoms with Crippen molar-refractivity contribution in [3.63, 3.8) is 0 Å². The lowest BCUT2D eigenvalue weighted by atomic mass is 9.97. The Kier molecular flexibility index (Phi) is 14.2. The van der Waals surface area contributed by atoms with Crippen LogP contribution in [0.5, 0.6) is 5.75 Å². The van der Waals surface area contributed by atoms with Gasteiger partial charge in [-0.1, -0.05) is 103 Å². The third kappa shape index (κ3) is 12.9. The van der Waals surface area contributed by atoms with Crippen LogP contribution in [-0.2, 0) is 6.42 Å². The van der Waals surface area contributed by atoms with Crippen molar-refractivity contribution in [3.05, 3.63) is 29.8 Å². The minimum absolute atomic E-state index is 0.0202. The monoisotopic (exact) mass is 378 g/mol. The van der Waals surface area contributed by atoms with Crippen molar-refractivity contribution < 1.29 is 15.9 Å². The predicted octanol–water partition coefficient (Wildman–Crippen LogP) is 5.39. The van der Waals surface area contributed by atoms with E-state index in [1.165, 1.54) is 77.0 Å². The number of aliphatic hydroxyl groups excluding tert-OH is 1. The first-order valence-electron chi connectivity index (χ1n) is 11.4. The van der Waals surface area contributed by atoms with Crippen LogP contribution in [0.25, 0.3) is 0 Å². The summed E-state index contributed by atoms with van der Waals surface area (Å²) in [5, 5.41) is 19.6. The highest BCUT2D eigenvalue weighted by atomic mass is 16.3. The summed E-state index contributed by atoms with van der Waals surface area (Å²) in [7, 11) is 0. The van der Waals surface area contributed by atoms with Gasteiger partial charge in [-0.3, -0.25) is 0 Å². The molecule has 0 fully saturated rings. The number of aromatic hydroxyl groups is 1. The highest BCUT2D eigenvalue weighted by Crippen LogP contribution is 2.15. The minimum Gasteiger partial charge on any atom is -0.508 e. The summed E-state index contributed by atoms with van der Waals surface area (Å²) in [5.74, 6) is 0.284. The second-order valence-corrected chi connectivity index (χ2v) is 8.23. The Balaban J connectivity index is 1.91. The molecular weight excluding hydrogens is 334 g/mol. The van der Waals surface area contributed by atoms with E-state index in [0.717, 1.165) is 24.8 Å². The van der Waals surface area contributed by atoms with Crippen molar-refractivity contribution in [3.8, 4) is 5.75 Å². The first-order valence-corrected chi connectivity index (χ1v) is 11.4. The molecule has 0 radical (unpaired) electrons. The Morgan fingerprint density at radius 3 is 1.67 bits per heavy atom. The van der Waals surface area contributed by atoms with Gasteiger partial charge in [-0.2, -0.15) is 0 Å². The van der Waals surface area contributed by atoms with Crippen LogP contribution in [0.1, 0.15) is 102 Å². The van der Waals surface area contributed by atoms with E-state index in [9.17, 15) is 10.2 Å². The van der Waals surface area contributed by atoms with Crippen LogP contribution >= 0.6 is 0 Å². The third-order valence-corrected chi connectivity index (χ3v) is 5.58. The second kappa shape index (κ2) is 15.9. The molecule has 0 saturated heterocycles. The Morgan fingerprint density at radius 2 is 1.19 bits per heavy atom. The third-order valence-electron chi connectivity index (χ3n) is 5.58. The maximum absolute atomic E-state index is 10.3. The number of phenolic OH excluding ortho intramolecular Hbond substituents is 1. The van der Waals surface area contributed by atoms with Crippen molar-refractivity contribution in [2.45, 2.75) is 115 Å². The molecule has 0 saturated carbocycles. The Labute approximate surface area is 167 Å². The van der Waals surface area contributed by atoms with E-state index in [4.69, 9.17) is 0 Å². The molecule has 0 heterocycles. The molecule has 0 amide bonds. The second-order valence-electron chi connectivity index (χ2n) is 8.23. The molecule has 0 aliphatic heterocycles. The van der Waals surface area contributed by atoms with E-state index in [1.807, 2.05) is 12.1 Å². The lowest BCUT2D eigenvalue weighted by Crippen LogP contribution is -2.67. The van der Waals surface area contributed by atoms with Gasteiger partial charge in [0.1, 0.15) is 17.9 Å². The molecule has 1 aromatic rings. The summed E-state index contributed by atoms with van der Waals surface area (Å²) in [6, 6.07) is 7.23. The van der Waals surface area contributed by atoms with Gasteiger partial charge in [-0.15, -0.1) is 0 Å². The van der Waals surface area contributed by atoms with E-state index < -0.39 is 0 Å². The summed E-state index contributed by atoms with van der Waals surface area (Å²) in [6.07, 6.45) is 18.8. The molecule has 27 heavy (non-hydrogen) atoms. The van der Waals surface area contributed by atoms with Crippen LogP contribution in [0.15, 0.2) is 24.3 Å². The summed E-state index contributed by atoms with van der Waals surface area (Å²) in [5.41, 5.74) is 5.25. The molecular formula is C24H44NO2+. The zero-order chi connectivity index (χ0) is 19.7. The van der Waals surface area contributed by atoms with Crippen LogP contribution in [0, 0.1) is 0 Å². The Hall–Kier alpha value is -1.06. The van der Waals surface area contributed by atoms with Gasteiger partial charge >= 0.3 is 0 Å². The molecule has 0 aliphatic carbocycles. The largest absolute Gasteiger partial charge is 0.508 e. The smallest absolute Gasteiger partial charge is 0.115 e. The maximum Gasteiger partial charge on any atom is 0.115 e. The van der Waals surface area contributed by atoms with Gasteiger partial charge in [0.05, 0.1) is 0 Å². The average Bonchev–Trinajstić information content (AvgIpc) is 2.67. The molecule has 0 unspecified atom stereocenters. The van der Waals surface area contributed by atoms with Gasteiger partial charge in [-0.25, -0.2) is 0 Å². The van der Waals surface area contributed by atoms with Crippen LogP contribution in [-0.4, -0.2) is 22.4 Å². The molecule has 0 bridgehead atoms. The molecule has 2 atom stereocenters. The number of unbranched alkanes of at least 4 members (excludes halogenated alkanes) is 12. The van der Waals surface area contributed by atoms with Crippen LogP contribution in [0.2, 0.25) is 0 Å². The van der Waals surface area contributed by atoms with Gasteiger partial charge in [-0.05, 0) is 24.1 Å². The normalized spacial score (nSPS) is 13.6. The Bertz CT molecular complexity index is 446. The number of quaternary nitrogens is 1. The highest BCUT2D eigenvalue weighted by molar-refractivity contribution is 5.26. The number of phenols is 1. The standard InChI is InChI=1S/C24H43NO2/c1-2-3-4-5-6-7-8-9-10-11-12-13-14-15-24(27)23(25)20-21-16-18-22(26)19-17-21/h16-19,23-24,26-27H,2-15,20,25H2,1H3/p+1/t23-,24+/m0/s1. The fourth-order valence-corrected chi connectivity index (χ4v) is 3.68. The zero-order valence-corrected chi connectivity index (χ0v) is 17.7. The maximum atomic E-state index is 10.3. The fraction of sp³-hybridized carbons (Fsp3) is 0.750. The van der Waals surface area contributed by atoms with Gasteiger partial charge in [0.2, 0.25) is 0 Å². The zero-order valence-electron chi connectivity index (χ0n) is 17.7. The Morgan fingerprint density at radius 1 is 0.741 bits per heavy atom. The summed E-state index contributed by atoms with van der Waals surface area (Å²) in [6.45, 7) is 2.27. The SMILES string of the molecule is CCCCCCCCCCCCCCC[C@@H](O)[C@@H]([NH3+])Cc1ccc(O)cc1. The van der Waals surface area contributed by atoms with Crippen LogP contribution < -0.4 is 5.73 Å². The average molecular weight is 379 g/mol.